The average molecular weight is 542 g/mol. The summed E-state index contributed by atoms with van der Waals surface area (Å²) in [5.74, 6) is 2.58. The second-order valence-electron chi connectivity index (χ2n) is 8.71. The van der Waals surface area contributed by atoms with Gasteiger partial charge in [-0.05, 0) is 66.8 Å². The summed E-state index contributed by atoms with van der Waals surface area (Å²) in [5, 5.41) is 2.89. The summed E-state index contributed by atoms with van der Waals surface area (Å²) in [6, 6.07) is 10.8. The SMILES string of the molecule is CCc1nc2ccc(C3=CCN(SCCCCl)CC3)cn2c1N(C)c1nc(-c2ccc(F)cc2)cs1. The number of hydrogen-bond donors (Lipinski definition) is 0. The van der Waals surface area contributed by atoms with Crippen molar-refractivity contribution in [2.75, 3.05) is 36.7 Å². The standard InChI is InChI=1S/C27H29ClFN5S2/c1-3-23-26(32(2)27-31-24(18-35-27)20-5-8-22(29)9-6-20)34-17-21(7-10-25(34)30-23)19-11-14-33(15-12-19)36-16-4-13-28/h5-11,17-18H,3-4,12-16H2,1-2H3. The predicted octanol–water partition coefficient (Wildman–Crippen LogP) is 7.29. The number of hydrogen-bond acceptors (Lipinski definition) is 6. The van der Waals surface area contributed by atoms with Crippen LogP contribution in [-0.4, -0.2) is 50.4 Å². The van der Waals surface area contributed by atoms with E-state index in [1.165, 1.54) is 23.3 Å². The van der Waals surface area contributed by atoms with E-state index in [0.29, 0.717) is 0 Å². The van der Waals surface area contributed by atoms with Gasteiger partial charge in [0.15, 0.2) is 5.13 Å². The van der Waals surface area contributed by atoms with Gasteiger partial charge in [-0.2, -0.15) is 0 Å². The second kappa shape index (κ2) is 11.3. The fraction of sp³-hybridized carbons (Fsp3) is 0.333. The first-order chi connectivity index (χ1) is 17.6. The maximum atomic E-state index is 13.4. The Balaban J connectivity index is 1.42. The number of alkyl halides is 1. The summed E-state index contributed by atoms with van der Waals surface area (Å²) in [5.41, 5.74) is 6.32. The van der Waals surface area contributed by atoms with Gasteiger partial charge in [0.05, 0.1) is 11.4 Å². The lowest BCUT2D eigenvalue weighted by Crippen LogP contribution is -2.22. The van der Waals surface area contributed by atoms with E-state index in [1.807, 2.05) is 24.4 Å². The number of pyridine rings is 1. The Morgan fingerprint density at radius 3 is 2.67 bits per heavy atom. The van der Waals surface area contributed by atoms with Crippen LogP contribution in [-0.2, 0) is 6.42 Å². The first kappa shape index (κ1) is 25.3. The van der Waals surface area contributed by atoms with Gasteiger partial charge in [-0.1, -0.05) is 24.9 Å². The lowest BCUT2D eigenvalue weighted by molar-refractivity contribution is 0.516. The molecular formula is C27H29ClFN5S2. The summed E-state index contributed by atoms with van der Waals surface area (Å²) in [6.07, 6.45) is 7.44. The molecule has 0 unspecified atom stereocenters. The maximum absolute atomic E-state index is 13.4. The van der Waals surface area contributed by atoms with Gasteiger partial charge in [-0.3, -0.25) is 4.40 Å². The molecule has 0 saturated heterocycles. The van der Waals surface area contributed by atoms with Crippen LogP contribution in [0.4, 0.5) is 15.3 Å². The lowest BCUT2D eigenvalue weighted by Gasteiger charge is -2.25. The van der Waals surface area contributed by atoms with Gasteiger partial charge in [-0.15, -0.1) is 22.9 Å². The highest BCUT2D eigenvalue weighted by Gasteiger charge is 2.20. The number of halogens is 2. The first-order valence-corrected chi connectivity index (χ1v) is 14.5. The molecule has 5 nitrogen and oxygen atoms in total. The summed E-state index contributed by atoms with van der Waals surface area (Å²) < 4.78 is 18.0. The molecule has 1 aliphatic heterocycles. The minimum atomic E-state index is -0.244. The van der Waals surface area contributed by atoms with Gasteiger partial charge in [0.2, 0.25) is 0 Å². The van der Waals surface area contributed by atoms with Gasteiger partial charge in [0.1, 0.15) is 17.3 Å². The molecule has 4 heterocycles. The van der Waals surface area contributed by atoms with E-state index in [4.69, 9.17) is 21.6 Å². The molecule has 0 fully saturated rings. The molecule has 0 saturated carbocycles. The minimum Gasteiger partial charge on any atom is -0.305 e. The first-order valence-electron chi connectivity index (χ1n) is 12.2. The van der Waals surface area contributed by atoms with Crippen molar-refractivity contribution in [3.05, 3.63) is 71.1 Å². The third-order valence-corrected chi connectivity index (χ3v) is 8.68. The highest BCUT2D eigenvalue weighted by Crippen LogP contribution is 2.35. The largest absolute Gasteiger partial charge is 0.305 e. The summed E-state index contributed by atoms with van der Waals surface area (Å²) in [7, 11) is 2.04. The number of aryl methyl sites for hydroxylation is 1. The molecule has 4 aromatic rings. The van der Waals surface area contributed by atoms with Gasteiger partial charge >= 0.3 is 0 Å². The third kappa shape index (κ3) is 5.32. The molecule has 9 heteroatoms. The number of nitrogens with zero attached hydrogens (tertiary/aromatic N) is 5. The van der Waals surface area contributed by atoms with E-state index < -0.39 is 0 Å². The number of aromatic nitrogens is 3. The van der Waals surface area contributed by atoms with Crippen LogP contribution in [0.15, 0.2) is 54.1 Å². The Hall–Kier alpha value is -2.39. The van der Waals surface area contributed by atoms with Crippen LogP contribution >= 0.6 is 34.9 Å². The van der Waals surface area contributed by atoms with E-state index in [-0.39, 0.29) is 5.82 Å². The van der Waals surface area contributed by atoms with E-state index in [9.17, 15) is 4.39 Å². The van der Waals surface area contributed by atoms with E-state index >= 15 is 0 Å². The molecule has 0 spiro atoms. The Morgan fingerprint density at radius 2 is 1.94 bits per heavy atom. The van der Waals surface area contributed by atoms with Crippen LogP contribution in [0.3, 0.4) is 0 Å². The molecule has 1 aromatic carbocycles. The molecule has 0 bridgehead atoms. The quantitative estimate of drug-likeness (QED) is 0.126. The Bertz CT molecular complexity index is 1360. The van der Waals surface area contributed by atoms with Crippen molar-refractivity contribution < 1.29 is 4.39 Å². The number of fused-ring (bicyclic) bond motifs is 1. The molecule has 0 atom stereocenters. The third-order valence-electron chi connectivity index (χ3n) is 6.33. The lowest BCUT2D eigenvalue weighted by atomic mass is 10.0. The summed E-state index contributed by atoms with van der Waals surface area (Å²) in [6.45, 7) is 4.12. The number of anilines is 2. The number of rotatable bonds is 9. The van der Waals surface area contributed by atoms with Crippen molar-refractivity contribution in [3.8, 4) is 11.3 Å². The molecule has 1 aliphatic rings. The number of thiazole rings is 1. The van der Waals surface area contributed by atoms with E-state index in [2.05, 4.69) is 44.9 Å². The van der Waals surface area contributed by atoms with Crippen molar-refractivity contribution in [3.63, 3.8) is 0 Å². The monoisotopic (exact) mass is 541 g/mol. The van der Waals surface area contributed by atoms with E-state index in [1.54, 1.807) is 23.5 Å². The fourth-order valence-electron chi connectivity index (χ4n) is 4.40. The Kier molecular flexibility index (Phi) is 7.96. The van der Waals surface area contributed by atoms with Crippen molar-refractivity contribution in [1.29, 1.82) is 0 Å². The average Bonchev–Trinajstić information content (AvgIpc) is 3.54. The highest BCUT2D eigenvalue weighted by atomic mass is 35.5. The number of benzene rings is 1. The molecule has 0 amide bonds. The molecule has 36 heavy (non-hydrogen) atoms. The topological polar surface area (TPSA) is 36.7 Å². The van der Waals surface area contributed by atoms with Crippen LogP contribution in [0.1, 0.15) is 31.0 Å². The maximum Gasteiger partial charge on any atom is 0.191 e. The van der Waals surface area contributed by atoms with E-state index in [0.717, 1.165) is 77.5 Å². The van der Waals surface area contributed by atoms with Gasteiger partial charge in [-0.25, -0.2) is 18.7 Å². The van der Waals surface area contributed by atoms with Crippen molar-refractivity contribution in [2.24, 2.45) is 0 Å². The van der Waals surface area contributed by atoms with Gasteiger partial charge < -0.3 is 4.90 Å². The smallest absolute Gasteiger partial charge is 0.191 e. The summed E-state index contributed by atoms with van der Waals surface area (Å²) >= 11 is 9.29. The Labute approximate surface area is 224 Å². The van der Waals surface area contributed by atoms with Crippen LogP contribution in [0.25, 0.3) is 22.5 Å². The van der Waals surface area contributed by atoms with Crippen molar-refractivity contribution in [2.45, 2.75) is 26.2 Å². The van der Waals surface area contributed by atoms with Crippen LogP contribution < -0.4 is 4.90 Å². The molecular weight excluding hydrogens is 513 g/mol. The van der Waals surface area contributed by atoms with Crippen LogP contribution in [0, 0.1) is 5.82 Å². The zero-order valence-corrected chi connectivity index (χ0v) is 22.8. The Morgan fingerprint density at radius 1 is 1.14 bits per heavy atom. The molecule has 5 rings (SSSR count). The minimum absolute atomic E-state index is 0.244. The molecule has 0 radical (unpaired) electrons. The van der Waals surface area contributed by atoms with Gasteiger partial charge in [0.25, 0.3) is 0 Å². The van der Waals surface area contributed by atoms with Crippen molar-refractivity contribution in [1.82, 2.24) is 18.7 Å². The fourth-order valence-corrected chi connectivity index (χ4v) is 6.43. The zero-order valence-electron chi connectivity index (χ0n) is 20.5. The van der Waals surface area contributed by atoms with Crippen molar-refractivity contribution >= 4 is 57.1 Å². The van der Waals surface area contributed by atoms with Crippen LogP contribution in [0.5, 0.6) is 0 Å². The second-order valence-corrected chi connectivity index (χ2v) is 11.1. The molecule has 0 aliphatic carbocycles. The predicted molar refractivity (Wildman–Crippen MR) is 152 cm³/mol. The highest BCUT2D eigenvalue weighted by molar-refractivity contribution is 7.97. The summed E-state index contributed by atoms with van der Waals surface area (Å²) in [4.78, 5) is 11.9. The molecule has 0 N–H and O–H groups in total. The zero-order chi connectivity index (χ0) is 25.1. The normalized spacial score (nSPS) is 14.4. The number of imidazole rings is 1. The van der Waals surface area contributed by atoms with Gasteiger partial charge in [0, 0.05) is 48.9 Å². The van der Waals surface area contributed by atoms with Crippen LogP contribution in [0.2, 0.25) is 0 Å². The molecule has 3 aromatic heterocycles. The molecule has 188 valence electrons.